The number of hydrogen-bond acceptors (Lipinski definition) is 0. The fourth-order valence-electron chi connectivity index (χ4n) is 7.73. The maximum atomic E-state index is 2.49. The van der Waals surface area contributed by atoms with Gasteiger partial charge in [-0.2, -0.15) is 0 Å². The van der Waals surface area contributed by atoms with Gasteiger partial charge in [0, 0.05) is 0 Å². The molecule has 1 aliphatic rings. The number of hydrogen-bond donors (Lipinski definition) is 0. The third kappa shape index (κ3) is 4.51. The average molecular weight is 706 g/mol. The summed E-state index contributed by atoms with van der Waals surface area (Å²) in [5, 5.41) is 5.25. The van der Waals surface area contributed by atoms with Crippen molar-refractivity contribution < 1.29 is 0 Å². The summed E-state index contributed by atoms with van der Waals surface area (Å²) >= 11 is -0.510. The van der Waals surface area contributed by atoms with Crippen molar-refractivity contribution in [2.75, 3.05) is 0 Å². The Morgan fingerprint density at radius 1 is 0.348 bits per heavy atom. The molecule has 0 atom stereocenters. The SMILES string of the molecule is [GeH3][c]1ccccc1-c1cccc(-c2cccc3c(-c4ccccc4)c4cccc(-c5cccc6[c]5[GeH2][c]5ccccc5-6)c4cc23)c1. The fourth-order valence-corrected chi connectivity index (χ4v) is 13.6. The summed E-state index contributed by atoms with van der Waals surface area (Å²) in [6.45, 7) is 0. The Hall–Kier alpha value is -4.63. The molecule has 0 unspecified atom stereocenters. The van der Waals surface area contributed by atoms with Crippen LogP contribution in [0, 0.1) is 0 Å². The van der Waals surface area contributed by atoms with Crippen molar-refractivity contribution in [2.45, 2.75) is 0 Å². The quantitative estimate of drug-likeness (QED) is 0.130. The van der Waals surface area contributed by atoms with Crippen LogP contribution < -0.4 is 13.2 Å². The molecule has 2 heteroatoms. The second kappa shape index (κ2) is 11.3. The topological polar surface area (TPSA) is 0 Å². The van der Waals surface area contributed by atoms with Gasteiger partial charge in [-0.3, -0.25) is 0 Å². The molecule has 0 spiro atoms. The van der Waals surface area contributed by atoms with Crippen LogP contribution in [0.1, 0.15) is 0 Å². The molecule has 0 aliphatic carbocycles. The fraction of sp³-hybridized carbons (Fsp3) is 0. The first-order chi connectivity index (χ1) is 22.7. The van der Waals surface area contributed by atoms with Crippen LogP contribution in [0.5, 0.6) is 0 Å². The van der Waals surface area contributed by atoms with Crippen molar-refractivity contribution in [2.24, 2.45) is 0 Å². The van der Waals surface area contributed by atoms with Crippen molar-refractivity contribution in [1.29, 1.82) is 0 Å². The van der Waals surface area contributed by atoms with Crippen molar-refractivity contribution in [1.82, 2.24) is 0 Å². The minimum absolute atomic E-state index is 0.613. The van der Waals surface area contributed by atoms with E-state index in [0.29, 0.717) is 16.5 Å². The molecular weight excluding hydrogens is 674 g/mol. The van der Waals surface area contributed by atoms with E-state index in [-0.39, 0.29) is 0 Å². The Morgan fingerprint density at radius 2 is 0.870 bits per heavy atom. The number of fused-ring (bicyclic) bond motifs is 5. The van der Waals surface area contributed by atoms with Gasteiger partial charge in [-0.25, -0.2) is 0 Å². The van der Waals surface area contributed by atoms with E-state index in [0.717, 1.165) is 0 Å². The van der Waals surface area contributed by atoms with Crippen LogP contribution in [0.3, 0.4) is 0 Å². The van der Waals surface area contributed by atoms with Crippen LogP contribution in [0.15, 0.2) is 164 Å². The normalized spacial score (nSPS) is 12.5. The third-order valence-electron chi connectivity index (χ3n) is 9.87. The molecule has 0 aromatic heterocycles. The van der Waals surface area contributed by atoms with Gasteiger partial charge in [0.15, 0.2) is 0 Å². The molecule has 8 aromatic carbocycles. The molecule has 9 rings (SSSR count). The van der Waals surface area contributed by atoms with E-state index in [1.165, 1.54) is 81.6 Å². The van der Waals surface area contributed by atoms with Gasteiger partial charge in [0.25, 0.3) is 0 Å². The van der Waals surface area contributed by atoms with E-state index < -0.39 is 15.4 Å². The molecule has 8 aromatic rings. The van der Waals surface area contributed by atoms with Crippen molar-refractivity contribution in [3.63, 3.8) is 0 Å². The van der Waals surface area contributed by atoms with Crippen molar-refractivity contribution in [3.05, 3.63) is 164 Å². The predicted octanol–water partition coefficient (Wildman–Crippen LogP) is 7.75. The zero-order valence-corrected chi connectivity index (χ0v) is 33.0. The second-order valence-corrected chi connectivity index (χ2v) is 18.6. The van der Waals surface area contributed by atoms with Gasteiger partial charge >= 0.3 is 286 Å². The summed E-state index contributed by atoms with van der Waals surface area (Å²) in [5.74, 6) is 0. The number of benzene rings is 8. The molecule has 0 saturated heterocycles. The third-order valence-corrected chi connectivity index (χ3v) is 16.1. The molecule has 1 aliphatic heterocycles. The van der Waals surface area contributed by atoms with Crippen LogP contribution in [-0.4, -0.2) is 31.9 Å². The van der Waals surface area contributed by atoms with E-state index in [4.69, 9.17) is 0 Å². The van der Waals surface area contributed by atoms with E-state index in [1.54, 1.807) is 8.79 Å². The molecule has 46 heavy (non-hydrogen) atoms. The summed E-state index contributed by atoms with van der Waals surface area (Å²) < 4.78 is 4.70. The van der Waals surface area contributed by atoms with Gasteiger partial charge < -0.3 is 0 Å². The number of rotatable bonds is 4. The minimum atomic E-state index is -1.12. The molecular formula is C44H32Ge2. The molecule has 0 radical (unpaired) electrons. The molecule has 0 saturated carbocycles. The first-order valence-corrected chi connectivity index (χ1v) is 21.2. The molecule has 0 nitrogen and oxygen atoms in total. The Morgan fingerprint density at radius 3 is 1.65 bits per heavy atom. The van der Waals surface area contributed by atoms with E-state index >= 15 is 0 Å². The Labute approximate surface area is 284 Å². The van der Waals surface area contributed by atoms with Crippen LogP contribution in [-0.2, 0) is 0 Å². The zero-order valence-electron chi connectivity index (χ0n) is 25.8. The molecule has 1 heterocycles. The van der Waals surface area contributed by atoms with E-state index in [2.05, 4.69) is 164 Å². The van der Waals surface area contributed by atoms with Crippen LogP contribution in [0.25, 0.3) is 77.2 Å². The van der Waals surface area contributed by atoms with Gasteiger partial charge in [0.1, 0.15) is 0 Å². The van der Waals surface area contributed by atoms with Gasteiger partial charge in [0.05, 0.1) is 0 Å². The first-order valence-electron chi connectivity index (χ1n) is 16.2. The summed E-state index contributed by atoms with van der Waals surface area (Å²) in [7, 11) is 0. The molecule has 0 bridgehead atoms. The Bertz CT molecular complexity index is 2460. The Balaban J connectivity index is 1.34. The summed E-state index contributed by atoms with van der Waals surface area (Å²) in [4.78, 5) is 0. The zero-order chi connectivity index (χ0) is 30.6. The maximum absolute atomic E-state index is 2.49. The Kier molecular flexibility index (Phi) is 6.80. The van der Waals surface area contributed by atoms with Crippen molar-refractivity contribution in [3.8, 4) is 55.6 Å². The second-order valence-electron chi connectivity index (χ2n) is 12.5. The molecule has 0 fully saturated rings. The van der Waals surface area contributed by atoms with Gasteiger partial charge in [-0.1, -0.05) is 0 Å². The molecule has 216 valence electrons. The summed E-state index contributed by atoms with van der Waals surface area (Å²) in [6, 6.07) is 61.4. The van der Waals surface area contributed by atoms with Gasteiger partial charge in [-0.15, -0.1) is 0 Å². The molecule has 0 N–H and O–H groups in total. The summed E-state index contributed by atoms with van der Waals surface area (Å²) in [5.41, 5.74) is 13.5. The van der Waals surface area contributed by atoms with Crippen LogP contribution in [0.2, 0.25) is 0 Å². The standard InChI is InChI=1S/C44H32Ge2/c45-41-24-6-4-16-32(41)30-15-8-14-29(26-30)31-18-9-20-35-39(31)27-40-33(19-10-21-36(40)43(35)28-12-2-1-3-13-28)37-22-11-23-38-34-17-5-7-25-42(34)46-44(37)38/h1-27H,46H2,45H3. The van der Waals surface area contributed by atoms with E-state index in [9.17, 15) is 0 Å². The molecule has 0 amide bonds. The summed E-state index contributed by atoms with van der Waals surface area (Å²) in [6.07, 6.45) is 0. The predicted molar refractivity (Wildman–Crippen MR) is 206 cm³/mol. The van der Waals surface area contributed by atoms with Crippen LogP contribution >= 0.6 is 0 Å². The first kappa shape index (κ1) is 27.7. The monoisotopic (exact) mass is 708 g/mol. The average Bonchev–Trinajstić information content (AvgIpc) is 3.50. The van der Waals surface area contributed by atoms with Crippen molar-refractivity contribution >= 4 is 66.7 Å². The van der Waals surface area contributed by atoms with E-state index in [1.807, 2.05) is 0 Å². The van der Waals surface area contributed by atoms with Gasteiger partial charge in [-0.05, 0) is 0 Å². The van der Waals surface area contributed by atoms with Crippen LogP contribution in [0.4, 0.5) is 0 Å². The van der Waals surface area contributed by atoms with Gasteiger partial charge in [0.2, 0.25) is 0 Å².